The number of likely N-dealkylation sites (tertiary alicyclic amines) is 1. The average molecular weight is 255 g/mol. The van der Waals surface area contributed by atoms with E-state index in [-0.39, 0.29) is 0 Å². The minimum absolute atomic E-state index is 0.941. The van der Waals surface area contributed by atoms with E-state index in [1.807, 2.05) is 0 Å². The summed E-state index contributed by atoms with van der Waals surface area (Å²) in [6.45, 7) is 7.93. The van der Waals surface area contributed by atoms with Gasteiger partial charge < -0.3 is 9.64 Å². The Balaban J connectivity index is 1.68. The maximum absolute atomic E-state index is 5.70. The van der Waals surface area contributed by atoms with Gasteiger partial charge in [0.05, 0.1) is 6.61 Å². The molecule has 1 rings (SSSR count). The Morgan fingerprint density at radius 2 is 1.39 bits per heavy atom. The van der Waals surface area contributed by atoms with Crippen LogP contribution in [0, 0.1) is 0 Å². The van der Waals surface area contributed by atoms with Gasteiger partial charge in [-0.05, 0) is 32.4 Å². The van der Waals surface area contributed by atoms with Crippen LogP contribution < -0.4 is 0 Å². The number of hydrogen-bond acceptors (Lipinski definition) is 2. The van der Waals surface area contributed by atoms with Crippen molar-refractivity contribution in [3.8, 4) is 0 Å². The Morgan fingerprint density at radius 3 is 2.06 bits per heavy atom. The van der Waals surface area contributed by atoms with Crippen LogP contribution >= 0.6 is 0 Å². The van der Waals surface area contributed by atoms with Gasteiger partial charge in [-0.1, -0.05) is 51.9 Å². The van der Waals surface area contributed by atoms with E-state index in [2.05, 4.69) is 11.8 Å². The molecule has 0 unspecified atom stereocenters. The summed E-state index contributed by atoms with van der Waals surface area (Å²) in [7, 11) is 0. The quantitative estimate of drug-likeness (QED) is 0.484. The molecule has 1 heterocycles. The summed E-state index contributed by atoms with van der Waals surface area (Å²) in [4.78, 5) is 2.52. The normalized spacial score (nSPS) is 16.5. The SMILES string of the molecule is CCCCCCCCCCOCCN1CCCC1. The molecule has 1 saturated heterocycles. The lowest BCUT2D eigenvalue weighted by atomic mass is 10.1. The summed E-state index contributed by atoms with van der Waals surface area (Å²) in [6, 6.07) is 0. The molecule has 0 aromatic carbocycles. The fourth-order valence-electron chi connectivity index (χ4n) is 2.64. The van der Waals surface area contributed by atoms with Crippen LogP contribution in [0.5, 0.6) is 0 Å². The first-order valence-corrected chi connectivity index (χ1v) is 8.23. The Labute approximate surface area is 114 Å². The number of nitrogens with zero attached hydrogens (tertiary/aromatic N) is 1. The Kier molecular flexibility index (Phi) is 10.6. The van der Waals surface area contributed by atoms with Crippen LogP contribution in [-0.4, -0.2) is 37.7 Å². The van der Waals surface area contributed by atoms with Crippen molar-refractivity contribution in [2.24, 2.45) is 0 Å². The Morgan fingerprint density at radius 1 is 0.778 bits per heavy atom. The van der Waals surface area contributed by atoms with Crippen LogP contribution in [0.25, 0.3) is 0 Å². The number of rotatable bonds is 12. The van der Waals surface area contributed by atoms with Crippen molar-refractivity contribution in [2.75, 3.05) is 32.8 Å². The monoisotopic (exact) mass is 255 g/mol. The second kappa shape index (κ2) is 12.0. The van der Waals surface area contributed by atoms with Crippen molar-refractivity contribution >= 4 is 0 Å². The van der Waals surface area contributed by atoms with Crippen LogP contribution in [0.1, 0.15) is 71.1 Å². The Hall–Kier alpha value is -0.0800. The molecule has 108 valence electrons. The van der Waals surface area contributed by atoms with Gasteiger partial charge in [-0.15, -0.1) is 0 Å². The highest BCUT2D eigenvalue weighted by Gasteiger charge is 2.09. The van der Waals surface area contributed by atoms with Crippen molar-refractivity contribution in [1.29, 1.82) is 0 Å². The molecule has 2 nitrogen and oxygen atoms in total. The van der Waals surface area contributed by atoms with E-state index in [1.54, 1.807) is 0 Å². The van der Waals surface area contributed by atoms with Gasteiger partial charge in [-0.2, -0.15) is 0 Å². The van der Waals surface area contributed by atoms with Crippen molar-refractivity contribution in [1.82, 2.24) is 4.90 Å². The number of ether oxygens (including phenoxy) is 1. The van der Waals surface area contributed by atoms with Gasteiger partial charge in [-0.25, -0.2) is 0 Å². The number of hydrogen-bond donors (Lipinski definition) is 0. The highest BCUT2D eigenvalue weighted by molar-refractivity contribution is 4.65. The van der Waals surface area contributed by atoms with Gasteiger partial charge in [0.15, 0.2) is 0 Å². The molecule has 1 fully saturated rings. The Bertz CT molecular complexity index is 166. The third-order valence-electron chi connectivity index (χ3n) is 3.89. The highest BCUT2D eigenvalue weighted by atomic mass is 16.5. The number of unbranched alkanes of at least 4 members (excludes halogenated alkanes) is 7. The second-order valence-electron chi connectivity index (χ2n) is 5.64. The fraction of sp³-hybridized carbons (Fsp3) is 1.00. The third-order valence-corrected chi connectivity index (χ3v) is 3.89. The van der Waals surface area contributed by atoms with Crippen LogP contribution in [0.3, 0.4) is 0 Å². The van der Waals surface area contributed by atoms with Gasteiger partial charge in [0.25, 0.3) is 0 Å². The molecule has 0 aromatic heterocycles. The molecule has 0 saturated carbocycles. The summed E-state index contributed by atoms with van der Waals surface area (Å²) in [5.41, 5.74) is 0. The van der Waals surface area contributed by atoms with E-state index < -0.39 is 0 Å². The van der Waals surface area contributed by atoms with Crippen LogP contribution in [0.2, 0.25) is 0 Å². The average Bonchev–Trinajstić information content (AvgIpc) is 2.89. The molecule has 0 bridgehead atoms. The molecule has 18 heavy (non-hydrogen) atoms. The van der Waals surface area contributed by atoms with E-state index >= 15 is 0 Å². The topological polar surface area (TPSA) is 12.5 Å². The molecule has 0 aromatic rings. The first-order valence-electron chi connectivity index (χ1n) is 8.23. The van der Waals surface area contributed by atoms with E-state index in [1.165, 1.54) is 77.3 Å². The van der Waals surface area contributed by atoms with Crippen molar-refractivity contribution in [3.63, 3.8) is 0 Å². The maximum atomic E-state index is 5.70. The van der Waals surface area contributed by atoms with Crippen molar-refractivity contribution in [2.45, 2.75) is 71.1 Å². The molecular weight excluding hydrogens is 222 g/mol. The van der Waals surface area contributed by atoms with Gasteiger partial charge in [-0.3, -0.25) is 0 Å². The highest BCUT2D eigenvalue weighted by Crippen LogP contribution is 2.09. The fourth-order valence-corrected chi connectivity index (χ4v) is 2.64. The molecule has 1 aliphatic rings. The van der Waals surface area contributed by atoms with E-state index in [0.717, 1.165) is 19.8 Å². The van der Waals surface area contributed by atoms with Crippen molar-refractivity contribution < 1.29 is 4.74 Å². The van der Waals surface area contributed by atoms with E-state index in [9.17, 15) is 0 Å². The first-order chi connectivity index (χ1) is 8.93. The molecule has 0 atom stereocenters. The maximum Gasteiger partial charge on any atom is 0.0593 e. The largest absolute Gasteiger partial charge is 0.380 e. The molecule has 0 aliphatic carbocycles. The summed E-state index contributed by atoms with van der Waals surface area (Å²) in [5.74, 6) is 0. The molecule has 0 N–H and O–H groups in total. The molecule has 0 radical (unpaired) electrons. The molecule has 0 amide bonds. The smallest absolute Gasteiger partial charge is 0.0593 e. The lowest BCUT2D eigenvalue weighted by molar-refractivity contribution is 0.108. The van der Waals surface area contributed by atoms with Gasteiger partial charge in [0.1, 0.15) is 0 Å². The van der Waals surface area contributed by atoms with Gasteiger partial charge >= 0.3 is 0 Å². The summed E-state index contributed by atoms with van der Waals surface area (Å²) >= 11 is 0. The third kappa shape index (κ3) is 8.93. The van der Waals surface area contributed by atoms with Crippen molar-refractivity contribution in [3.05, 3.63) is 0 Å². The predicted octanol–water partition coefficient (Wildman–Crippen LogP) is 4.24. The second-order valence-corrected chi connectivity index (χ2v) is 5.64. The minimum atomic E-state index is 0.941. The lowest BCUT2D eigenvalue weighted by Crippen LogP contribution is -2.24. The van der Waals surface area contributed by atoms with Gasteiger partial charge in [0.2, 0.25) is 0 Å². The summed E-state index contributed by atoms with van der Waals surface area (Å²) in [6.07, 6.45) is 13.9. The first kappa shape index (κ1) is 16.0. The zero-order valence-corrected chi connectivity index (χ0v) is 12.5. The lowest BCUT2D eigenvalue weighted by Gasteiger charge is -2.14. The molecule has 0 spiro atoms. The predicted molar refractivity (Wildman–Crippen MR) is 79.1 cm³/mol. The van der Waals surface area contributed by atoms with Crippen LogP contribution in [0.4, 0.5) is 0 Å². The van der Waals surface area contributed by atoms with E-state index in [0.29, 0.717) is 0 Å². The zero-order chi connectivity index (χ0) is 12.9. The van der Waals surface area contributed by atoms with Crippen LogP contribution in [-0.2, 0) is 4.74 Å². The molecular formula is C16H33NO. The summed E-state index contributed by atoms with van der Waals surface area (Å²) in [5, 5.41) is 0. The zero-order valence-electron chi connectivity index (χ0n) is 12.5. The molecule has 2 heteroatoms. The van der Waals surface area contributed by atoms with E-state index in [4.69, 9.17) is 4.74 Å². The molecule has 1 aliphatic heterocycles. The standard InChI is InChI=1S/C16H33NO/c1-2-3-4-5-6-7-8-11-15-18-16-14-17-12-9-10-13-17/h2-16H2,1H3. The van der Waals surface area contributed by atoms with Gasteiger partial charge in [0, 0.05) is 13.2 Å². The minimum Gasteiger partial charge on any atom is -0.380 e. The summed E-state index contributed by atoms with van der Waals surface area (Å²) < 4.78 is 5.70. The van der Waals surface area contributed by atoms with Crippen LogP contribution in [0.15, 0.2) is 0 Å².